The maximum Gasteiger partial charge on any atom is 0.320 e. The van der Waals surface area contributed by atoms with Crippen molar-refractivity contribution < 1.29 is 9.90 Å². The Hall–Kier alpha value is -0.570. The molecule has 0 spiro atoms. The highest BCUT2D eigenvalue weighted by Gasteiger charge is 2.28. The Morgan fingerprint density at radius 1 is 1.20 bits per heavy atom. The summed E-state index contributed by atoms with van der Waals surface area (Å²) in [5.41, 5.74) is 0. The van der Waals surface area contributed by atoms with E-state index >= 15 is 0 Å². The Balaban J connectivity index is 2.56. The number of nitrogens with one attached hydrogen (secondary N) is 1. The molecule has 0 radical (unpaired) electrons. The number of carboxylic acids is 1. The third-order valence-electron chi connectivity index (χ3n) is 3.15. The highest BCUT2D eigenvalue weighted by molar-refractivity contribution is 5.73. The largest absolute Gasteiger partial charge is 0.480 e. The van der Waals surface area contributed by atoms with Gasteiger partial charge >= 0.3 is 5.97 Å². The van der Waals surface area contributed by atoms with Gasteiger partial charge in [0.1, 0.15) is 6.04 Å². The van der Waals surface area contributed by atoms with Gasteiger partial charge in [0.15, 0.2) is 0 Å². The molecule has 1 fully saturated rings. The molecule has 0 aliphatic heterocycles. The summed E-state index contributed by atoms with van der Waals surface area (Å²) < 4.78 is 0. The predicted octanol–water partition coefficient (Wildman–Crippen LogP) is 2.41. The molecule has 3 heteroatoms. The molecule has 1 unspecified atom stereocenters. The SMILES string of the molecule is CC(C)NC(C(=O)O)C1CCCCCC1. The van der Waals surface area contributed by atoms with Crippen molar-refractivity contribution >= 4 is 5.97 Å². The van der Waals surface area contributed by atoms with Crippen molar-refractivity contribution in [2.24, 2.45) is 5.92 Å². The zero-order chi connectivity index (χ0) is 11.3. The minimum absolute atomic E-state index is 0.245. The lowest BCUT2D eigenvalue weighted by atomic mass is 9.91. The van der Waals surface area contributed by atoms with Crippen LogP contribution in [0.25, 0.3) is 0 Å². The summed E-state index contributed by atoms with van der Waals surface area (Å²) in [7, 11) is 0. The van der Waals surface area contributed by atoms with Crippen molar-refractivity contribution in [2.45, 2.75) is 64.5 Å². The molecule has 0 aromatic heterocycles. The first-order chi connectivity index (χ1) is 7.11. The first-order valence-electron chi connectivity index (χ1n) is 6.10. The monoisotopic (exact) mass is 213 g/mol. The highest BCUT2D eigenvalue weighted by atomic mass is 16.4. The first kappa shape index (κ1) is 12.5. The Morgan fingerprint density at radius 3 is 2.13 bits per heavy atom. The summed E-state index contributed by atoms with van der Waals surface area (Å²) in [6.07, 6.45) is 7.05. The second-order valence-electron chi connectivity index (χ2n) is 4.89. The van der Waals surface area contributed by atoms with E-state index in [1.54, 1.807) is 0 Å². The van der Waals surface area contributed by atoms with Gasteiger partial charge in [-0.2, -0.15) is 0 Å². The van der Waals surface area contributed by atoms with Crippen LogP contribution in [0.1, 0.15) is 52.4 Å². The van der Waals surface area contributed by atoms with Gasteiger partial charge in [-0.3, -0.25) is 4.79 Å². The van der Waals surface area contributed by atoms with Gasteiger partial charge in [-0.1, -0.05) is 39.5 Å². The van der Waals surface area contributed by atoms with Crippen LogP contribution >= 0.6 is 0 Å². The number of hydrogen-bond donors (Lipinski definition) is 2. The maximum atomic E-state index is 11.2. The minimum atomic E-state index is -0.685. The van der Waals surface area contributed by atoms with Gasteiger partial charge in [0.05, 0.1) is 0 Å². The van der Waals surface area contributed by atoms with Crippen molar-refractivity contribution in [3.05, 3.63) is 0 Å². The third-order valence-corrected chi connectivity index (χ3v) is 3.15. The summed E-state index contributed by atoms with van der Waals surface area (Å²) >= 11 is 0. The normalized spacial score (nSPS) is 21.3. The number of aliphatic carboxylic acids is 1. The lowest BCUT2D eigenvalue weighted by molar-refractivity contribution is -0.141. The Morgan fingerprint density at radius 2 is 1.73 bits per heavy atom. The molecule has 0 bridgehead atoms. The lowest BCUT2D eigenvalue weighted by Crippen LogP contribution is -2.46. The van der Waals surface area contributed by atoms with Crippen LogP contribution in [0, 0.1) is 5.92 Å². The molecule has 0 amide bonds. The van der Waals surface area contributed by atoms with E-state index in [0.29, 0.717) is 5.92 Å². The smallest absolute Gasteiger partial charge is 0.320 e. The van der Waals surface area contributed by atoms with Crippen LogP contribution in [0.5, 0.6) is 0 Å². The van der Waals surface area contributed by atoms with E-state index in [2.05, 4.69) is 5.32 Å². The van der Waals surface area contributed by atoms with Gasteiger partial charge in [-0.05, 0) is 18.8 Å². The zero-order valence-corrected chi connectivity index (χ0v) is 9.83. The van der Waals surface area contributed by atoms with Crippen molar-refractivity contribution in [2.75, 3.05) is 0 Å². The summed E-state index contributed by atoms with van der Waals surface area (Å²) in [6.45, 7) is 4.01. The molecule has 1 saturated carbocycles. The molecule has 0 saturated heterocycles. The van der Waals surface area contributed by atoms with Crippen molar-refractivity contribution in [1.29, 1.82) is 0 Å². The number of rotatable bonds is 4. The standard InChI is InChI=1S/C12H23NO2/c1-9(2)13-11(12(14)15)10-7-5-3-4-6-8-10/h9-11,13H,3-8H2,1-2H3,(H,14,15). The molecule has 2 N–H and O–H groups in total. The maximum absolute atomic E-state index is 11.2. The summed E-state index contributed by atoms with van der Waals surface area (Å²) in [5.74, 6) is -0.358. The predicted molar refractivity (Wildman–Crippen MR) is 60.9 cm³/mol. The van der Waals surface area contributed by atoms with Crippen molar-refractivity contribution in [3.8, 4) is 0 Å². The average Bonchev–Trinajstić information content (AvgIpc) is 2.41. The lowest BCUT2D eigenvalue weighted by Gasteiger charge is -2.25. The minimum Gasteiger partial charge on any atom is -0.480 e. The van der Waals surface area contributed by atoms with Gasteiger partial charge in [-0.25, -0.2) is 0 Å². The van der Waals surface area contributed by atoms with E-state index in [0.717, 1.165) is 12.8 Å². The van der Waals surface area contributed by atoms with E-state index in [4.69, 9.17) is 0 Å². The van der Waals surface area contributed by atoms with Gasteiger partial charge in [-0.15, -0.1) is 0 Å². The highest BCUT2D eigenvalue weighted by Crippen LogP contribution is 2.25. The van der Waals surface area contributed by atoms with Crippen molar-refractivity contribution in [3.63, 3.8) is 0 Å². The Labute approximate surface area is 92.3 Å². The van der Waals surface area contributed by atoms with Crippen molar-refractivity contribution in [1.82, 2.24) is 5.32 Å². The fourth-order valence-corrected chi connectivity index (χ4v) is 2.41. The third kappa shape index (κ3) is 4.20. The van der Waals surface area contributed by atoms with Gasteiger partial charge < -0.3 is 10.4 Å². The number of hydrogen-bond acceptors (Lipinski definition) is 2. The zero-order valence-electron chi connectivity index (χ0n) is 9.83. The molecular weight excluding hydrogens is 190 g/mol. The van der Waals surface area contributed by atoms with E-state index in [-0.39, 0.29) is 12.1 Å². The van der Waals surface area contributed by atoms with E-state index in [9.17, 15) is 9.90 Å². The average molecular weight is 213 g/mol. The van der Waals surface area contributed by atoms with Crippen LogP contribution in [-0.4, -0.2) is 23.2 Å². The van der Waals surface area contributed by atoms with Crippen LogP contribution in [0.3, 0.4) is 0 Å². The molecule has 0 heterocycles. The van der Waals surface area contributed by atoms with Crippen LogP contribution in [-0.2, 0) is 4.79 Å². The van der Waals surface area contributed by atoms with E-state index in [1.807, 2.05) is 13.8 Å². The molecule has 1 aliphatic carbocycles. The van der Waals surface area contributed by atoms with Crippen LogP contribution in [0.4, 0.5) is 0 Å². The van der Waals surface area contributed by atoms with Gasteiger partial charge in [0.25, 0.3) is 0 Å². The van der Waals surface area contributed by atoms with Gasteiger partial charge in [0.2, 0.25) is 0 Å². The number of carbonyl (C=O) groups is 1. The topological polar surface area (TPSA) is 49.3 Å². The van der Waals surface area contributed by atoms with Crippen LogP contribution < -0.4 is 5.32 Å². The molecule has 0 aromatic carbocycles. The molecule has 88 valence electrons. The van der Waals surface area contributed by atoms with Crippen LogP contribution in [0.15, 0.2) is 0 Å². The summed E-state index contributed by atoms with van der Waals surface area (Å²) in [6, 6.07) is -0.0996. The quantitative estimate of drug-likeness (QED) is 0.705. The molecule has 1 atom stereocenters. The Kier molecular flexibility index (Phi) is 5.09. The fourth-order valence-electron chi connectivity index (χ4n) is 2.41. The molecule has 1 aliphatic rings. The second kappa shape index (κ2) is 6.11. The van der Waals surface area contributed by atoms with Gasteiger partial charge in [0, 0.05) is 6.04 Å². The second-order valence-corrected chi connectivity index (χ2v) is 4.89. The summed E-state index contributed by atoms with van der Waals surface area (Å²) in [5, 5.41) is 12.4. The van der Waals surface area contributed by atoms with E-state index < -0.39 is 5.97 Å². The molecule has 15 heavy (non-hydrogen) atoms. The Bertz CT molecular complexity index is 196. The first-order valence-corrected chi connectivity index (χ1v) is 6.10. The molecular formula is C12H23NO2. The molecule has 0 aromatic rings. The molecule has 3 nitrogen and oxygen atoms in total. The van der Waals surface area contributed by atoms with E-state index in [1.165, 1.54) is 25.7 Å². The summed E-state index contributed by atoms with van der Waals surface area (Å²) in [4.78, 5) is 11.2. The number of carboxylic acid groups (broad SMARTS) is 1. The van der Waals surface area contributed by atoms with Crippen LogP contribution in [0.2, 0.25) is 0 Å². The molecule has 1 rings (SSSR count). The fraction of sp³-hybridized carbons (Fsp3) is 0.917.